The maximum atomic E-state index is 5.29. The molecule has 14 heavy (non-hydrogen) atoms. The molecule has 0 aliphatic carbocycles. The molecule has 0 saturated heterocycles. The van der Waals surface area contributed by atoms with Crippen molar-refractivity contribution in [3.63, 3.8) is 0 Å². The molecule has 0 fully saturated rings. The highest BCUT2D eigenvalue weighted by molar-refractivity contribution is 6.02. The number of terminal acetylenes is 1. The van der Waals surface area contributed by atoms with Crippen molar-refractivity contribution in [2.45, 2.75) is 13.3 Å². The number of hydrazone groups is 1. The SMILES string of the molecule is C#CC1=NN(c2ccc(C)cc2)CC1. The molecule has 2 heteroatoms. The molecule has 1 aliphatic heterocycles. The van der Waals surface area contributed by atoms with Gasteiger partial charge in [-0.2, -0.15) is 5.10 Å². The van der Waals surface area contributed by atoms with Crippen LogP contribution in [0.25, 0.3) is 0 Å². The van der Waals surface area contributed by atoms with Crippen LogP contribution in [0.4, 0.5) is 5.69 Å². The molecule has 0 radical (unpaired) electrons. The lowest BCUT2D eigenvalue weighted by Crippen LogP contribution is -2.11. The number of hydrogen-bond acceptors (Lipinski definition) is 2. The van der Waals surface area contributed by atoms with E-state index in [0.29, 0.717) is 0 Å². The fraction of sp³-hybridized carbons (Fsp3) is 0.250. The van der Waals surface area contributed by atoms with Crippen molar-refractivity contribution in [2.75, 3.05) is 11.6 Å². The molecular formula is C12H12N2. The van der Waals surface area contributed by atoms with Crippen LogP contribution >= 0.6 is 0 Å². The van der Waals surface area contributed by atoms with Crippen LogP contribution in [-0.4, -0.2) is 12.3 Å². The van der Waals surface area contributed by atoms with Crippen molar-refractivity contribution in [1.29, 1.82) is 0 Å². The summed E-state index contributed by atoms with van der Waals surface area (Å²) in [7, 11) is 0. The molecule has 0 atom stereocenters. The number of rotatable bonds is 1. The van der Waals surface area contributed by atoms with Gasteiger partial charge in [0.1, 0.15) is 5.71 Å². The number of benzene rings is 1. The van der Waals surface area contributed by atoms with Gasteiger partial charge < -0.3 is 0 Å². The molecule has 2 nitrogen and oxygen atoms in total. The van der Waals surface area contributed by atoms with Gasteiger partial charge in [-0.1, -0.05) is 23.6 Å². The maximum Gasteiger partial charge on any atom is 0.112 e. The maximum absolute atomic E-state index is 5.29. The van der Waals surface area contributed by atoms with Gasteiger partial charge in [0.15, 0.2) is 0 Å². The molecule has 1 heterocycles. The standard InChI is InChI=1S/C12H12N2/c1-3-11-8-9-14(13-11)12-6-4-10(2)5-7-12/h1,4-7H,8-9H2,2H3. The third-order valence-electron chi connectivity index (χ3n) is 2.30. The predicted octanol–water partition coefficient (Wildman–Crippen LogP) is 2.19. The van der Waals surface area contributed by atoms with Crippen molar-refractivity contribution < 1.29 is 0 Å². The normalized spacial score (nSPS) is 15.1. The summed E-state index contributed by atoms with van der Waals surface area (Å²) in [4.78, 5) is 0. The number of hydrogen-bond donors (Lipinski definition) is 0. The topological polar surface area (TPSA) is 15.6 Å². The lowest BCUT2D eigenvalue weighted by Gasteiger charge is -2.12. The molecule has 1 aromatic rings. The molecule has 0 bridgehead atoms. The molecule has 0 saturated carbocycles. The van der Waals surface area contributed by atoms with Crippen molar-refractivity contribution in [2.24, 2.45) is 5.10 Å². The Balaban J connectivity index is 2.22. The van der Waals surface area contributed by atoms with E-state index >= 15 is 0 Å². The molecule has 2 rings (SSSR count). The average molecular weight is 184 g/mol. The lowest BCUT2D eigenvalue weighted by atomic mass is 10.2. The highest BCUT2D eigenvalue weighted by atomic mass is 15.5. The van der Waals surface area contributed by atoms with Gasteiger partial charge in [0.05, 0.1) is 5.69 Å². The third-order valence-corrected chi connectivity index (χ3v) is 2.30. The fourth-order valence-electron chi connectivity index (χ4n) is 1.46. The van der Waals surface area contributed by atoms with E-state index in [9.17, 15) is 0 Å². The van der Waals surface area contributed by atoms with Gasteiger partial charge in [-0.15, -0.1) is 6.42 Å². The zero-order valence-corrected chi connectivity index (χ0v) is 8.20. The second-order valence-electron chi connectivity index (χ2n) is 3.40. The summed E-state index contributed by atoms with van der Waals surface area (Å²) in [6.07, 6.45) is 6.17. The number of aryl methyl sites for hydroxylation is 1. The van der Waals surface area contributed by atoms with Crippen LogP contribution in [0, 0.1) is 19.3 Å². The van der Waals surface area contributed by atoms with Gasteiger partial charge in [0.2, 0.25) is 0 Å². The molecule has 1 aromatic carbocycles. The third kappa shape index (κ3) is 1.62. The van der Waals surface area contributed by atoms with Crippen LogP contribution in [-0.2, 0) is 0 Å². The number of nitrogens with zero attached hydrogens (tertiary/aromatic N) is 2. The minimum atomic E-state index is 0.838. The van der Waals surface area contributed by atoms with Crippen molar-refractivity contribution in [3.8, 4) is 12.3 Å². The molecule has 0 unspecified atom stereocenters. The smallest absolute Gasteiger partial charge is 0.112 e. The van der Waals surface area contributed by atoms with E-state index < -0.39 is 0 Å². The summed E-state index contributed by atoms with van der Waals surface area (Å²) < 4.78 is 0. The first-order valence-corrected chi connectivity index (χ1v) is 4.68. The zero-order chi connectivity index (χ0) is 9.97. The van der Waals surface area contributed by atoms with Gasteiger partial charge in [-0.3, -0.25) is 5.01 Å². The van der Waals surface area contributed by atoms with E-state index in [1.165, 1.54) is 5.56 Å². The molecule has 0 N–H and O–H groups in total. The fourth-order valence-corrected chi connectivity index (χ4v) is 1.46. The van der Waals surface area contributed by atoms with E-state index in [4.69, 9.17) is 6.42 Å². The Morgan fingerprint density at radius 3 is 2.64 bits per heavy atom. The Morgan fingerprint density at radius 1 is 1.36 bits per heavy atom. The molecule has 0 spiro atoms. The van der Waals surface area contributed by atoms with Crippen molar-refractivity contribution in [3.05, 3.63) is 29.8 Å². The van der Waals surface area contributed by atoms with Gasteiger partial charge >= 0.3 is 0 Å². The van der Waals surface area contributed by atoms with E-state index in [1.807, 2.05) is 5.01 Å². The van der Waals surface area contributed by atoms with Crippen LogP contribution in [0.1, 0.15) is 12.0 Å². The minimum absolute atomic E-state index is 0.838. The van der Waals surface area contributed by atoms with Gasteiger partial charge in [-0.05, 0) is 19.1 Å². The van der Waals surface area contributed by atoms with E-state index in [-0.39, 0.29) is 0 Å². The summed E-state index contributed by atoms with van der Waals surface area (Å²) in [5, 5.41) is 6.27. The predicted molar refractivity (Wildman–Crippen MR) is 59.4 cm³/mol. The largest absolute Gasteiger partial charge is 0.264 e. The summed E-state index contributed by atoms with van der Waals surface area (Å²) in [6, 6.07) is 8.30. The molecule has 0 aromatic heterocycles. The Morgan fingerprint density at radius 2 is 2.07 bits per heavy atom. The quantitative estimate of drug-likeness (QED) is 0.611. The van der Waals surface area contributed by atoms with Crippen molar-refractivity contribution >= 4 is 11.4 Å². The first kappa shape index (κ1) is 8.83. The Kier molecular flexibility index (Phi) is 2.24. The molecular weight excluding hydrogens is 172 g/mol. The zero-order valence-electron chi connectivity index (χ0n) is 8.20. The highest BCUT2D eigenvalue weighted by Gasteiger charge is 2.13. The highest BCUT2D eigenvalue weighted by Crippen LogP contribution is 2.19. The van der Waals surface area contributed by atoms with E-state index in [2.05, 4.69) is 42.2 Å². The lowest BCUT2D eigenvalue weighted by molar-refractivity contribution is 0.921. The monoisotopic (exact) mass is 184 g/mol. The first-order valence-electron chi connectivity index (χ1n) is 4.68. The summed E-state index contributed by atoms with van der Waals surface area (Å²) in [5.41, 5.74) is 3.21. The summed E-state index contributed by atoms with van der Waals surface area (Å²) >= 11 is 0. The summed E-state index contributed by atoms with van der Waals surface area (Å²) in [5.74, 6) is 2.58. The first-order chi connectivity index (χ1) is 6.79. The molecule has 0 amide bonds. The van der Waals surface area contributed by atoms with Crippen LogP contribution in [0.15, 0.2) is 29.4 Å². The van der Waals surface area contributed by atoms with Gasteiger partial charge in [0.25, 0.3) is 0 Å². The number of anilines is 1. The van der Waals surface area contributed by atoms with Crippen LogP contribution < -0.4 is 5.01 Å². The molecule has 1 aliphatic rings. The summed E-state index contributed by atoms with van der Waals surface area (Å²) in [6.45, 7) is 2.96. The Labute approximate surface area is 84.2 Å². The minimum Gasteiger partial charge on any atom is -0.264 e. The Bertz CT molecular complexity index is 395. The van der Waals surface area contributed by atoms with Crippen LogP contribution in [0.2, 0.25) is 0 Å². The average Bonchev–Trinajstić information content (AvgIpc) is 2.67. The van der Waals surface area contributed by atoms with Crippen LogP contribution in [0.5, 0.6) is 0 Å². The van der Waals surface area contributed by atoms with Crippen LogP contribution in [0.3, 0.4) is 0 Å². The van der Waals surface area contributed by atoms with E-state index in [0.717, 1.165) is 24.4 Å². The Hall–Kier alpha value is -1.75. The second-order valence-corrected chi connectivity index (χ2v) is 3.40. The van der Waals surface area contributed by atoms with E-state index in [1.54, 1.807) is 0 Å². The van der Waals surface area contributed by atoms with Gasteiger partial charge in [-0.25, -0.2) is 0 Å². The second kappa shape index (κ2) is 3.55. The van der Waals surface area contributed by atoms with Crippen molar-refractivity contribution in [1.82, 2.24) is 0 Å². The molecule has 70 valence electrons. The van der Waals surface area contributed by atoms with Gasteiger partial charge in [0, 0.05) is 13.0 Å².